The average molecular weight is 788 g/mol. The van der Waals surface area contributed by atoms with Crippen LogP contribution in [0.4, 0.5) is 0 Å². The first-order valence-corrected chi connectivity index (χ1v) is 23.0. The molecule has 0 amide bonds. The van der Waals surface area contributed by atoms with Crippen molar-refractivity contribution in [3.63, 3.8) is 0 Å². The van der Waals surface area contributed by atoms with E-state index in [-0.39, 0.29) is 0 Å². The maximum atomic E-state index is 15.3. The molecule has 58 heavy (non-hydrogen) atoms. The molecule has 0 atom stereocenters. The van der Waals surface area contributed by atoms with Crippen molar-refractivity contribution < 1.29 is 9.13 Å². The Morgan fingerprint density at radius 1 is 0.431 bits per heavy atom. The minimum atomic E-state index is -3.18. The summed E-state index contributed by atoms with van der Waals surface area (Å²) < 4.78 is 35.3. The molecule has 1 aliphatic heterocycles. The minimum absolute atomic E-state index is 0.777. The third-order valence-corrected chi connectivity index (χ3v) is 17.5. The SMILES string of the molecule is O=P(c1ccccc1)(c1ccccc1)c1ccc(-c2c3c(c(-c4ccc(P(=O)(c5ccccc5)c5ccccc5)cc4)n2-c2ccccc2)-c2nccn2CC3)cc1. The van der Waals surface area contributed by atoms with Gasteiger partial charge in [0.05, 0.1) is 11.4 Å². The maximum absolute atomic E-state index is 15.3. The van der Waals surface area contributed by atoms with Crippen molar-refractivity contribution in [2.24, 2.45) is 0 Å². The molecule has 5 nitrogen and oxygen atoms in total. The summed E-state index contributed by atoms with van der Waals surface area (Å²) in [5.41, 5.74) is 7.43. The molecule has 7 aromatic carbocycles. The van der Waals surface area contributed by atoms with E-state index in [0.717, 1.165) is 84.4 Å². The molecule has 0 saturated carbocycles. The zero-order valence-electron chi connectivity index (χ0n) is 31.7. The number of hydrogen-bond donors (Lipinski definition) is 0. The highest BCUT2D eigenvalue weighted by molar-refractivity contribution is 7.85. The maximum Gasteiger partial charge on any atom is 0.171 e. The molecule has 9 aromatic rings. The number of aromatic nitrogens is 3. The fourth-order valence-electron chi connectivity index (χ4n) is 8.57. The van der Waals surface area contributed by atoms with Crippen molar-refractivity contribution in [2.75, 3.05) is 0 Å². The molecule has 0 radical (unpaired) electrons. The third-order valence-electron chi connectivity index (χ3n) is 11.3. The second-order valence-corrected chi connectivity index (χ2v) is 20.1. The van der Waals surface area contributed by atoms with Crippen molar-refractivity contribution in [3.05, 3.63) is 218 Å². The molecule has 0 unspecified atom stereocenters. The number of rotatable bonds is 9. The number of imidazole rings is 1. The van der Waals surface area contributed by atoms with Gasteiger partial charge in [0.25, 0.3) is 0 Å². The second kappa shape index (κ2) is 14.8. The van der Waals surface area contributed by atoms with Gasteiger partial charge in [-0.3, -0.25) is 0 Å². The van der Waals surface area contributed by atoms with Crippen LogP contribution in [-0.4, -0.2) is 14.1 Å². The lowest BCUT2D eigenvalue weighted by atomic mass is 9.96. The van der Waals surface area contributed by atoms with Crippen LogP contribution >= 0.6 is 14.3 Å². The Morgan fingerprint density at radius 2 is 0.810 bits per heavy atom. The van der Waals surface area contributed by atoms with Crippen molar-refractivity contribution in [1.82, 2.24) is 14.1 Å². The summed E-state index contributed by atoms with van der Waals surface area (Å²) in [6, 6.07) is 66.4. The van der Waals surface area contributed by atoms with Gasteiger partial charge in [-0.25, -0.2) is 4.98 Å². The normalized spacial score (nSPS) is 12.5. The van der Waals surface area contributed by atoms with Crippen LogP contribution in [0.5, 0.6) is 0 Å². The molecule has 10 rings (SSSR count). The molecular weight excluding hydrogens is 749 g/mol. The van der Waals surface area contributed by atoms with Gasteiger partial charge < -0.3 is 18.3 Å². The first-order chi connectivity index (χ1) is 28.5. The van der Waals surface area contributed by atoms with Gasteiger partial charge in [-0.15, -0.1) is 0 Å². The van der Waals surface area contributed by atoms with Crippen molar-refractivity contribution in [2.45, 2.75) is 13.0 Å². The highest BCUT2D eigenvalue weighted by Crippen LogP contribution is 2.49. The lowest BCUT2D eigenvalue weighted by Crippen LogP contribution is -2.24. The highest BCUT2D eigenvalue weighted by Gasteiger charge is 2.34. The van der Waals surface area contributed by atoms with E-state index < -0.39 is 14.3 Å². The van der Waals surface area contributed by atoms with Gasteiger partial charge >= 0.3 is 0 Å². The molecule has 3 heterocycles. The van der Waals surface area contributed by atoms with Crippen molar-refractivity contribution >= 4 is 46.1 Å². The van der Waals surface area contributed by atoms with E-state index in [0.29, 0.717) is 0 Å². The van der Waals surface area contributed by atoms with E-state index in [2.05, 4.69) is 63.9 Å². The fourth-order valence-corrected chi connectivity index (χ4v) is 13.9. The molecule has 280 valence electrons. The highest BCUT2D eigenvalue weighted by atomic mass is 31.2. The standard InChI is InChI=1S/C51H39N3O2P2/c55-57(41-18-8-2-9-19-41,42-20-10-3-11-21-42)45-30-26-38(27-31-45)49-47-34-36-53-37-35-52-51(53)48(47)50(54(49)40-16-6-1-7-17-40)39-28-32-46(33-29-39)58(56,43-22-12-4-13-23-43)44-24-14-5-15-25-44/h1-33,35,37H,34,36H2. The monoisotopic (exact) mass is 787 g/mol. The lowest BCUT2D eigenvalue weighted by molar-refractivity contribution is 0.591. The number of para-hydroxylation sites is 1. The van der Waals surface area contributed by atoms with Gasteiger partial charge in [0.1, 0.15) is 5.82 Å². The Kier molecular flexibility index (Phi) is 9.14. The molecule has 7 heteroatoms. The third kappa shape index (κ3) is 5.90. The molecule has 0 aliphatic carbocycles. The predicted molar refractivity (Wildman–Crippen MR) is 240 cm³/mol. The molecule has 0 N–H and O–H groups in total. The van der Waals surface area contributed by atoms with Gasteiger partial charge in [0.15, 0.2) is 14.3 Å². The first kappa shape index (κ1) is 35.9. The number of fused-ring (bicyclic) bond motifs is 3. The van der Waals surface area contributed by atoms with E-state index in [1.165, 1.54) is 5.56 Å². The van der Waals surface area contributed by atoms with E-state index in [4.69, 9.17) is 4.98 Å². The Bertz CT molecular complexity index is 2880. The quantitative estimate of drug-likeness (QED) is 0.137. The van der Waals surface area contributed by atoms with E-state index in [1.807, 2.05) is 158 Å². The van der Waals surface area contributed by atoms with Crippen LogP contribution in [0.1, 0.15) is 5.56 Å². The zero-order chi connectivity index (χ0) is 39.1. The average Bonchev–Trinajstić information content (AvgIpc) is 3.93. The number of aryl methyl sites for hydroxylation is 1. The van der Waals surface area contributed by atoms with Gasteiger partial charge in [-0.1, -0.05) is 188 Å². The Balaban J connectivity index is 1.18. The summed E-state index contributed by atoms with van der Waals surface area (Å²) >= 11 is 0. The van der Waals surface area contributed by atoms with Crippen molar-refractivity contribution in [1.29, 1.82) is 0 Å². The van der Waals surface area contributed by atoms with Gasteiger partial charge in [-0.05, 0) is 35.2 Å². The van der Waals surface area contributed by atoms with Gasteiger partial charge in [0.2, 0.25) is 0 Å². The Morgan fingerprint density at radius 3 is 1.24 bits per heavy atom. The van der Waals surface area contributed by atoms with Crippen LogP contribution in [0, 0.1) is 0 Å². The smallest absolute Gasteiger partial charge is 0.171 e. The van der Waals surface area contributed by atoms with Crippen LogP contribution in [0.15, 0.2) is 213 Å². The molecular formula is C51H39N3O2P2. The lowest BCUT2D eigenvalue weighted by Gasteiger charge is -2.21. The number of benzene rings is 7. The van der Waals surface area contributed by atoms with E-state index >= 15 is 9.13 Å². The predicted octanol–water partition coefficient (Wildman–Crippen LogP) is 9.51. The first-order valence-electron chi connectivity index (χ1n) is 19.5. The summed E-state index contributed by atoms with van der Waals surface area (Å²) in [7, 11) is -6.34. The molecule has 0 saturated heterocycles. The van der Waals surface area contributed by atoms with Crippen LogP contribution in [0.25, 0.3) is 39.6 Å². The summed E-state index contributed by atoms with van der Waals surface area (Å²) in [5, 5.41) is 4.78. The van der Waals surface area contributed by atoms with E-state index in [1.54, 1.807) is 0 Å². The fraction of sp³-hybridized carbons (Fsp3) is 0.0392. The topological polar surface area (TPSA) is 56.9 Å². The van der Waals surface area contributed by atoms with Gasteiger partial charge in [0, 0.05) is 62.0 Å². The summed E-state index contributed by atoms with van der Waals surface area (Å²) in [5.74, 6) is 0.921. The molecule has 0 bridgehead atoms. The molecule has 2 aromatic heterocycles. The van der Waals surface area contributed by atoms with Crippen molar-refractivity contribution in [3.8, 4) is 39.6 Å². The molecule has 0 spiro atoms. The second-order valence-electron chi connectivity index (χ2n) is 14.6. The van der Waals surface area contributed by atoms with Crippen LogP contribution in [0.3, 0.4) is 0 Å². The molecule has 1 aliphatic rings. The largest absolute Gasteiger partial charge is 0.331 e. The number of nitrogens with zero attached hydrogens (tertiary/aromatic N) is 3. The zero-order valence-corrected chi connectivity index (χ0v) is 33.5. The molecule has 0 fully saturated rings. The number of hydrogen-bond acceptors (Lipinski definition) is 3. The van der Waals surface area contributed by atoms with Crippen LogP contribution in [0.2, 0.25) is 0 Å². The Labute approximate surface area is 338 Å². The van der Waals surface area contributed by atoms with E-state index in [9.17, 15) is 0 Å². The minimum Gasteiger partial charge on any atom is -0.331 e. The Hall–Kier alpha value is -6.51. The summed E-state index contributed by atoms with van der Waals surface area (Å²) in [6.45, 7) is 0.805. The summed E-state index contributed by atoms with van der Waals surface area (Å²) in [4.78, 5) is 4.94. The van der Waals surface area contributed by atoms with Crippen LogP contribution in [-0.2, 0) is 22.1 Å². The summed E-state index contributed by atoms with van der Waals surface area (Å²) in [6.07, 6.45) is 4.75. The van der Waals surface area contributed by atoms with Crippen LogP contribution < -0.4 is 31.8 Å². The van der Waals surface area contributed by atoms with Gasteiger partial charge in [-0.2, -0.15) is 0 Å².